The van der Waals surface area contributed by atoms with Gasteiger partial charge < -0.3 is 53.7 Å². The van der Waals surface area contributed by atoms with Gasteiger partial charge in [-0.15, -0.1) is 0 Å². The van der Waals surface area contributed by atoms with E-state index in [0.717, 1.165) is 0 Å². The van der Waals surface area contributed by atoms with Crippen molar-refractivity contribution in [2.45, 2.75) is 146 Å². The average Bonchev–Trinajstić information content (AvgIpc) is 3.13. The van der Waals surface area contributed by atoms with E-state index < -0.39 is 83.3 Å². The van der Waals surface area contributed by atoms with Crippen LogP contribution >= 0.6 is 0 Å². The number of aliphatic hydroxyl groups is 1. The van der Waals surface area contributed by atoms with Gasteiger partial charge in [-0.05, 0) is 66.6 Å². The number of ether oxygens (including phenoxy) is 6. The summed E-state index contributed by atoms with van der Waals surface area (Å²) in [6.07, 6.45) is -2.13. The van der Waals surface area contributed by atoms with Gasteiger partial charge in [0.05, 0.1) is 40.6 Å². The second kappa shape index (κ2) is 14.9. The maximum atomic E-state index is 13.8. The summed E-state index contributed by atoms with van der Waals surface area (Å²) in [4.78, 5) is 41.3. The van der Waals surface area contributed by atoms with Crippen molar-refractivity contribution in [2.75, 3.05) is 14.1 Å². The number of benzene rings is 2. The van der Waals surface area contributed by atoms with Crippen LogP contribution in [0, 0.1) is 0 Å². The van der Waals surface area contributed by atoms with E-state index >= 15 is 0 Å². The first-order valence-electron chi connectivity index (χ1n) is 19.0. The predicted octanol–water partition coefficient (Wildman–Crippen LogP) is 4.18. The smallest absolute Gasteiger partial charge is 0.202 e. The highest BCUT2D eigenvalue weighted by Crippen LogP contribution is 2.54. The molecule has 14 heteroatoms. The van der Waals surface area contributed by atoms with Gasteiger partial charge in [-0.2, -0.15) is 0 Å². The average molecular weight is 754 g/mol. The topological polar surface area (TPSA) is 191 Å². The molecule has 0 bridgehead atoms. The molecule has 294 valence electrons. The van der Waals surface area contributed by atoms with E-state index in [0.29, 0.717) is 32.1 Å². The summed E-state index contributed by atoms with van der Waals surface area (Å²) in [6.45, 7) is 7.32. The molecule has 0 unspecified atom stereocenters. The largest absolute Gasteiger partial charge is 0.507 e. The number of Topliss-reactive ketones (excluding diaryl/α,β-unsaturated/α-hetero) is 1. The Bertz CT molecular complexity index is 1810. The SMILES string of the molecule is CC[C@@]1(O)CCc2c(O)c3c(c(O)c2[C@H]1O[C@H]1C[C@H](N(C)C)[C@H](O[C@H]2CC[C@H](O[C@H]4CCC(=O)[C@H](C)O4)[C@H](C)O2)[C@H](C)O1)C(=O)c1cccc(O)c1C3=O. The number of carbonyl (C=O) groups excluding carboxylic acids is 3. The zero-order valence-electron chi connectivity index (χ0n) is 31.6. The highest BCUT2D eigenvalue weighted by molar-refractivity contribution is 6.31. The first kappa shape index (κ1) is 38.8. The number of phenolic OH excluding ortho intramolecular Hbond substituents is 3. The number of likely N-dealkylation sites (N-methyl/N-ethyl adjacent to an activating group) is 1. The van der Waals surface area contributed by atoms with Crippen molar-refractivity contribution < 1.29 is 63.2 Å². The van der Waals surface area contributed by atoms with Crippen LogP contribution in [-0.2, 0) is 39.6 Å². The first-order valence-corrected chi connectivity index (χ1v) is 19.0. The van der Waals surface area contributed by atoms with E-state index in [1.54, 1.807) is 13.8 Å². The molecule has 0 amide bonds. The lowest BCUT2D eigenvalue weighted by Gasteiger charge is -2.48. The number of hydrogen-bond donors (Lipinski definition) is 4. The minimum Gasteiger partial charge on any atom is -0.507 e. The third-order valence-electron chi connectivity index (χ3n) is 12.0. The second-order valence-electron chi connectivity index (χ2n) is 15.5. The molecule has 54 heavy (non-hydrogen) atoms. The van der Waals surface area contributed by atoms with Crippen LogP contribution in [0.4, 0.5) is 0 Å². The van der Waals surface area contributed by atoms with Crippen LogP contribution in [0.25, 0.3) is 0 Å². The minimum absolute atomic E-state index is 0.0312. The van der Waals surface area contributed by atoms with Crippen molar-refractivity contribution in [2.24, 2.45) is 0 Å². The molecule has 11 atom stereocenters. The van der Waals surface area contributed by atoms with Crippen LogP contribution in [0.2, 0.25) is 0 Å². The Hall–Kier alpha value is -3.47. The molecular formula is C40H51NO13. The number of ketones is 3. The zero-order valence-corrected chi connectivity index (χ0v) is 31.6. The predicted molar refractivity (Wildman–Crippen MR) is 190 cm³/mol. The lowest BCUT2D eigenvalue weighted by atomic mass is 9.71. The summed E-state index contributed by atoms with van der Waals surface area (Å²) in [6, 6.07) is 3.86. The summed E-state index contributed by atoms with van der Waals surface area (Å²) in [5.41, 5.74) is -2.42. The van der Waals surface area contributed by atoms with Crippen LogP contribution in [0.5, 0.6) is 17.2 Å². The molecule has 2 aliphatic carbocycles. The Kier molecular flexibility index (Phi) is 10.7. The summed E-state index contributed by atoms with van der Waals surface area (Å²) >= 11 is 0. The van der Waals surface area contributed by atoms with Gasteiger partial charge in [-0.25, -0.2) is 0 Å². The Morgan fingerprint density at radius 1 is 0.815 bits per heavy atom. The number of carbonyl (C=O) groups is 3. The van der Waals surface area contributed by atoms with Crippen LogP contribution in [0.3, 0.4) is 0 Å². The molecule has 0 aromatic heterocycles. The Labute approximate surface area is 314 Å². The van der Waals surface area contributed by atoms with E-state index in [1.165, 1.54) is 18.2 Å². The van der Waals surface area contributed by atoms with Crippen molar-refractivity contribution in [3.63, 3.8) is 0 Å². The fourth-order valence-corrected chi connectivity index (χ4v) is 8.77. The molecule has 0 saturated carbocycles. The van der Waals surface area contributed by atoms with Crippen molar-refractivity contribution in [3.8, 4) is 17.2 Å². The van der Waals surface area contributed by atoms with Gasteiger partial charge in [0, 0.05) is 48.4 Å². The number of nitrogens with zero attached hydrogens (tertiary/aromatic N) is 1. The number of rotatable bonds is 8. The monoisotopic (exact) mass is 753 g/mol. The van der Waals surface area contributed by atoms with Gasteiger partial charge in [0.25, 0.3) is 0 Å². The number of hydrogen-bond acceptors (Lipinski definition) is 14. The lowest BCUT2D eigenvalue weighted by Crippen LogP contribution is -2.57. The standard InChI is InChI=1S/C40H51NO13/c1-7-40(48)16-15-22-31(37(47)33-32(35(22)45)36(46)30-21(34(33)44)9-8-10-25(30)43)39(40)54-29-17-23(41(5)6)38(20(4)51-29)53-28-14-12-26(19(3)50-28)52-27-13-11-24(42)18(2)49-27/h8-10,18-20,23,26-29,38-39,43,45,47-48H,7,11-17H2,1-6H3/t18-,19-,20-,23-,26-,27-,28-,29-,38+,39+,40+/m0/s1. The van der Waals surface area contributed by atoms with Crippen molar-refractivity contribution >= 4 is 17.3 Å². The molecule has 5 aliphatic rings. The van der Waals surface area contributed by atoms with Gasteiger partial charge >= 0.3 is 0 Å². The zero-order chi connectivity index (χ0) is 38.8. The summed E-state index contributed by atoms with van der Waals surface area (Å²) in [7, 11) is 3.85. The lowest BCUT2D eigenvalue weighted by molar-refractivity contribution is -0.316. The molecule has 2 aromatic rings. The fourth-order valence-electron chi connectivity index (χ4n) is 8.77. The highest BCUT2D eigenvalue weighted by Gasteiger charge is 2.51. The Morgan fingerprint density at radius 3 is 2.20 bits per heavy atom. The normalized spacial score (nSPS) is 35.4. The minimum atomic E-state index is -1.52. The van der Waals surface area contributed by atoms with Crippen LogP contribution in [-0.4, -0.2) is 118 Å². The Morgan fingerprint density at radius 2 is 1.52 bits per heavy atom. The van der Waals surface area contributed by atoms with Gasteiger partial charge in [0.15, 0.2) is 30.4 Å². The Balaban J connectivity index is 1.10. The highest BCUT2D eigenvalue weighted by atomic mass is 16.7. The third-order valence-corrected chi connectivity index (χ3v) is 12.0. The summed E-state index contributed by atoms with van der Waals surface area (Å²) in [5, 5.41) is 45.8. The van der Waals surface area contributed by atoms with Gasteiger partial charge in [-0.3, -0.25) is 14.4 Å². The van der Waals surface area contributed by atoms with E-state index in [9.17, 15) is 34.8 Å². The third kappa shape index (κ3) is 6.74. The molecule has 3 aliphatic heterocycles. The molecule has 0 spiro atoms. The quantitative estimate of drug-likeness (QED) is 0.240. The molecule has 4 N–H and O–H groups in total. The van der Waals surface area contributed by atoms with Gasteiger partial charge in [0.1, 0.15) is 35.6 Å². The molecule has 3 fully saturated rings. The summed E-state index contributed by atoms with van der Waals surface area (Å²) < 4.78 is 37.8. The molecular weight excluding hydrogens is 702 g/mol. The maximum absolute atomic E-state index is 13.8. The van der Waals surface area contributed by atoms with Crippen LogP contribution < -0.4 is 0 Å². The number of aromatic hydroxyl groups is 3. The molecule has 2 aromatic carbocycles. The first-order chi connectivity index (χ1) is 25.6. The van der Waals surface area contributed by atoms with E-state index in [-0.39, 0.29) is 71.1 Å². The van der Waals surface area contributed by atoms with Crippen molar-refractivity contribution in [1.29, 1.82) is 0 Å². The molecule has 14 nitrogen and oxygen atoms in total. The van der Waals surface area contributed by atoms with E-state index in [2.05, 4.69) is 0 Å². The van der Waals surface area contributed by atoms with Crippen molar-refractivity contribution in [1.82, 2.24) is 4.90 Å². The second-order valence-corrected chi connectivity index (χ2v) is 15.5. The van der Waals surface area contributed by atoms with Gasteiger partial charge in [-0.1, -0.05) is 19.1 Å². The number of phenols is 3. The van der Waals surface area contributed by atoms with Crippen LogP contribution in [0.15, 0.2) is 18.2 Å². The molecule has 3 saturated heterocycles. The van der Waals surface area contributed by atoms with E-state index in [4.69, 9.17) is 28.4 Å². The fraction of sp³-hybridized carbons (Fsp3) is 0.625. The molecule has 3 heterocycles. The molecule has 0 radical (unpaired) electrons. The molecule has 7 rings (SSSR count). The van der Waals surface area contributed by atoms with Crippen LogP contribution in [0.1, 0.15) is 122 Å². The maximum Gasteiger partial charge on any atom is 0.202 e. The summed E-state index contributed by atoms with van der Waals surface area (Å²) in [5.74, 6) is -2.89. The van der Waals surface area contributed by atoms with E-state index in [1.807, 2.05) is 32.8 Å². The number of fused-ring (bicyclic) bond motifs is 3. The van der Waals surface area contributed by atoms with Gasteiger partial charge in [0.2, 0.25) is 5.78 Å². The van der Waals surface area contributed by atoms with Crippen molar-refractivity contribution in [3.05, 3.63) is 51.6 Å².